The molecule has 1 amide bonds. The summed E-state index contributed by atoms with van der Waals surface area (Å²) in [5.74, 6) is 0.307. The van der Waals surface area contributed by atoms with Crippen LogP contribution in [0.4, 0.5) is 5.82 Å². The lowest BCUT2D eigenvalue weighted by atomic mass is 9.94. The third-order valence-electron chi connectivity index (χ3n) is 3.07. The van der Waals surface area contributed by atoms with Gasteiger partial charge in [0, 0.05) is 12.0 Å². The molecular weight excluding hydrogens is 364 g/mol. The summed E-state index contributed by atoms with van der Waals surface area (Å²) in [6.07, 6.45) is 5.89. The molecule has 5 nitrogen and oxygen atoms in total. The molecule has 1 aromatic rings. The van der Waals surface area contributed by atoms with Crippen molar-refractivity contribution >= 4 is 43.6 Å². The highest BCUT2D eigenvalue weighted by atomic mass is 79.9. The number of aromatic nitrogens is 2. The topological polar surface area (TPSA) is 80.9 Å². The van der Waals surface area contributed by atoms with E-state index in [0.29, 0.717) is 21.4 Å². The van der Waals surface area contributed by atoms with Crippen LogP contribution in [-0.4, -0.2) is 21.4 Å². The Hall–Kier alpha value is -0.530. The summed E-state index contributed by atoms with van der Waals surface area (Å²) in [5.41, 5.74) is 5.81. The van der Waals surface area contributed by atoms with Crippen molar-refractivity contribution < 1.29 is 4.79 Å². The number of nitrogens with zero attached hydrogens (tertiary/aromatic N) is 2. The number of rotatable bonds is 3. The van der Waals surface area contributed by atoms with Gasteiger partial charge in [0.2, 0.25) is 5.91 Å². The zero-order valence-corrected chi connectivity index (χ0v) is 12.9. The molecule has 3 N–H and O–H groups in total. The molecular formula is C11H14Br2N4O. The highest BCUT2D eigenvalue weighted by Gasteiger charge is 2.31. The molecule has 1 heterocycles. The maximum absolute atomic E-state index is 11.9. The van der Waals surface area contributed by atoms with Gasteiger partial charge in [-0.15, -0.1) is 0 Å². The van der Waals surface area contributed by atoms with Crippen LogP contribution in [0.2, 0.25) is 0 Å². The van der Waals surface area contributed by atoms with Gasteiger partial charge in [0.1, 0.15) is 9.21 Å². The molecule has 98 valence electrons. The van der Waals surface area contributed by atoms with Crippen molar-refractivity contribution in [1.29, 1.82) is 0 Å². The van der Waals surface area contributed by atoms with Crippen LogP contribution >= 0.6 is 31.9 Å². The van der Waals surface area contributed by atoms with Gasteiger partial charge in [0.05, 0.1) is 6.20 Å². The van der Waals surface area contributed by atoms with Gasteiger partial charge in [0.25, 0.3) is 0 Å². The monoisotopic (exact) mass is 376 g/mol. The van der Waals surface area contributed by atoms with Crippen molar-refractivity contribution in [2.24, 2.45) is 5.73 Å². The Morgan fingerprint density at radius 3 is 2.72 bits per heavy atom. The Kier molecular flexibility index (Phi) is 4.34. The van der Waals surface area contributed by atoms with E-state index < -0.39 is 0 Å². The van der Waals surface area contributed by atoms with Gasteiger partial charge in [-0.25, -0.2) is 9.97 Å². The van der Waals surface area contributed by atoms with Crippen LogP contribution in [0.25, 0.3) is 0 Å². The summed E-state index contributed by atoms with van der Waals surface area (Å²) in [7, 11) is 0. The zero-order chi connectivity index (χ0) is 13.2. The fourth-order valence-corrected chi connectivity index (χ4v) is 3.09. The lowest BCUT2D eigenvalue weighted by Gasteiger charge is -2.22. The molecule has 7 heteroatoms. The van der Waals surface area contributed by atoms with Crippen LogP contribution in [0.3, 0.4) is 0 Å². The largest absolute Gasteiger partial charge is 0.325 e. The van der Waals surface area contributed by atoms with Crippen molar-refractivity contribution in [1.82, 2.24) is 9.97 Å². The Labute approximate surface area is 122 Å². The first-order valence-corrected chi connectivity index (χ1v) is 7.34. The standard InChI is InChI=1S/C11H14Br2N4O/c12-7-6-15-10(9(13)16-7)17-8(18)5-11(14)3-1-2-4-11/h6H,1-5,14H2,(H,15,17,18). The maximum Gasteiger partial charge on any atom is 0.227 e. The van der Waals surface area contributed by atoms with Gasteiger partial charge < -0.3 is 11.1 Å². The second kappa shape index (κ2) is 5.63. The van der Waals surface area contributed by atoms with Gasteiger partial charge in [-0.1, -0.05) is 12.8 Å². The summed E-state index contributed by atoms with van der Waals surface area (Å²) in [6, 6.07) is 0. The van der Waals surface area contributed by atoms with E-state index >= 15 is 0 Å². The van der Waals surface area contributed by atoms with Crippen LogP contribution in [0, 0.1) is 0 Å². The van der Waals surface area contributed by atoms with Gasteiger partial charge in [0.15, 0.2) is 5.82 Å². The Morgan fingerprint density at radius 1 is 1.44 bits per heavy atom. The average Bonchev–Trinajstić information content (AvgIpc) is 2.69. The lowest BCUT2D eigenvalue weighted by molar-refractivity contribution is -0.117. The predicted molar refractivity (Wildman–Crippen MR) is 76.1 cm³/mol. The Morgan fingerprint density at radius 2 is 2.11 bits per heavy atom. The molecule has 0 aromatic carbocycles. The Bertz CT molecular complexity index is 460. The first-order valence-electron chi connectivity index (χ1n) is 5.75. The minimum atomic E-state index is -0.348. The molecule has 0 atom stereocenters. The molecule has 0 aliphatic heterocycles. The minimum Gasteiger partial charge on any atom is -0.325 e. The molecule has 1 saturated carbocycles. The highest BCUT2D eigenvalue weighted by Crippen LogP contribution is 2.30. The number of halogens is 2. The molecule has 1 fully saturated rings. The van der Waals surface area contributed by atoms with Crippen LogP contribution in [-0.2, 0) is 4.79 Å². The fraction of sp³-hybridized carbons (Fsp3) is 0.545. The second-order valence-electron chi connectivity index (χ2n) is 4.63. The van der Waals surface area contributed by atoms with Crippen molar-refractivity contribution in [2.75, 3.05) is 5.32 Å². The average molecular weight is 378 g/mol. The molecule has 2 rings (SSSR count). The summed E-state index contributed by atoms with van der Waals surface area (Å²) < 4.78 is 1.11. The van der Waals surface area contributed by atoms with E-state index in [1.54, 1.807) is 0 Å². The number of anilines is 1. The Balaban J connectivity index is 1.98. The van der Waals surface area contributed by atoms with Gasteiger partial charge in [-0.3, -0.25) is 4.79 Å². The lowest BCUT2D eigenvalue weighted by Crippen LogP contribution is -2.40. The molecule has 0 spiro atoms. The number of nitrogens with one attached hydrogen (secondary N) is 1. The SMILES string of the molecule is NC1(CC(=O)Nc2ncc(Br)nc2Br)CCCC1. The number of amides is 1. The second-order valence-corrected chi connectivity index (χ2v) is 6.19. The normalized spacial score (nSPS) is 17.7. The molecule has 0 radical (unpaired) electrons. The molecule has 18 heavy (non-hydrogen) atoms. The van der Waals surface area contributed by atoms with E-state index in [1.807, 2.05) is 0 Å². The zero-order valence-electron chi connectivity index (χ0n) is 9.75. The first-order chi connectivity index (χ1) is 8.48. The molecule has 1 aliphatic carbocycles. The van der Waals surface area contributed by atoms with Crippen LogP contribution in [0.5, 0.6) is 0 Å². The third-order valence-corrected chi connectivity index (χ3v) is 4.01. The number of hydrogen-bond donors (Lipinski definition) is 2. The summed E-state index contributed by atoms with van der Waals surface area (Å²) >= 11 is 6.46. The number of carbonyl (C=O) groups excluding carboxylic acids is 1. The van der Waals surface area contributed by atoms with E-state index in [4.69, 9.17) is 5.73 Å². The predicted octanol–water partition coefficient (Wildman–Crippen LogP) is 2.60. The van der Waals surface area contributed by atoms with E-state index in [0.717, 1.165) is 25.7 Å². The summed E-state index contributed by atoms with van der Waals surface area (Å²) in [4.78, 5) is 20.1. The maximum atomic E-state index is 11.9. The van der Waals surface area contributed by atoms with E-state index in [2.05, 4.69) is 47.1 Å². The number of nitrogens with two attached hydrogens (primary N) is 1. The van der Waals surface area contributed by atoms with Crippen molar-refractivity contribution in [3.63, 3.8) is 0 Å². The van der Waals surface area contributed by atoms with E-state index in [1.165, 1.54) is 6.20 Å². The van der Waals surface area contributed by atoms with Crippen molar-refractivity contribution in [2.45, 2.75) is 37.6 Å². The fourth-order valence-electron chi connectivity index (χ4n) is 2.18. The summed E-state index contributed by atoms with van der Waals surface area (Å²) in [5, 5.41) is 2.73. The molecule has 0 bridgehead atoms. The van der Waals surface area contributed by atoms with Crippen LogP contribution in [0.1, 0.15) is 32.1 Å². The molecule has 1 aliphatic rings. The van der Waals surface area contributed by atoms with Crippen molar-refractivity contribution in [3.8, 4) is 0 Å². The molecule has 0 saturated heterocycles. The van der Waals surface area contributed by atoms with Gasteiger partial charge in [-0.05, 0) is 44.7 Å². The summed E-state index contributed by atoms with van der Waals surface area (Å²) in [6.45, 7) is 0. The van der Waals surface area contributed by atoms with E-state index in [-0.39, 0.29) is 11.4 Å². The molecule has 1 aromatic heterocycles. The van der Waals surface area contributed by atoms with Crippen molar-refractivity contribution in [3.05, 3.63) is 15.4 Å². The molecule has 0 unspecified atom stereocenters. The first kappa shape index (κ1) is 13.9. The third kappa shape index (κ3) is 3.49. The van der Waals surface area contributed by atoms with Gasteiger partial charge >= 0.3 is 0 Å². The minimum absolute atomic E-state index is 0.114. The van der Waals surface area contributed by atoms with E-state index in [9.17, 15) is 4.79 Å². The van der Waals surface area contributed by atoms with Gasteiger partial charge in [-0.2, -0.15) is 0 Å². The highest BCUT2D eigenvalue weighted by molar-refractivity contribution is 9.11. The smallest absolute Gasteiger partial charge is 0.227 e. The van der Waals surface area contributed by atoms with Crippen LogP contribution in [0.15, 0.2) is 15.4 Å². The number of carbonyl (C=O) groups is 1. The van der Waals surface area contributed by atoms with Crippen LogP contribution < -0.4 is 11.1 Å². The quantitative estimate of drug-likeness (QED) is 0.848. The number of hydrogen-bond acceptors (Lipinski definition) is 4.